The van der Waals surface area contributed by atoms with Gasteiger partial charge in [0, 0.05) is 21.0 Å². The first-order valence-electron chi connectivity index (χ1n) is 7.85. The molecule has 0 aliphatic carbocycles. The Morgan fingerprint density at radius 1 is 0.731 bits per heavy atom. The molecular formula is C20H12Cl3N3. The average Bonchev–Trinajstić information content (AvgIpc) is 2.64. The molecular weight excluding hydrogens is 389 g/mol. The number of hydrogen-bond donors (Lipinski definition) is 1. The lowest BCUT2D eigenvalue weighted by atomic mass is 10.2. The average molecular weight is 401 g/mol. The maximum absolute atomic E-state index is 6.30. The fourth-order valence-electron chi connectivity index (χ4n) is 2.62. The summed E-state index contributed by atoms with van der Waals surface area (Å²) in [5.74, 6) is 1.28. The number of aromatic nitrogens is 2. The van der Waals surface area contributed by atoms with Gasteiger partial charge in [-0.1, -0.05) is 46.9 Å². The largest absolute Gasteiger partial charge is 0.338 e. The molecule has 0 saturated carbocycles. The molecule has 1 aromatic heterocycles. The SMILES string of the molecule is Clc1ccc(-c2nc(Nc3ccc(Cl)cc3Cl)c3ccccc3n2)cc1. The monoisotopic (exact) mass is 399 g/mol. The van der Waals surface area contributed by atoms with Crippen LogP contribution in [0.2, 0.25) is 15.1 Å². The number of hydrogen-bond acceptors (Lipinski definition) is 3. The van der Waals surface area contributed by atoms with Crippen LogP contribution in [0.5, 0.6) is 0 Å². The molecule has 1 heterocycles. The number of halogens is 3. The van der Waals surface area contributed by atoms with Crippen LogP contribution >= 0.6 is 34.8 Å². The van der Waals surface area contributed by atoms with E-state index >= 15 is 0 Å². The van der Waals surface area contributed by atoms with Gasteiger partial charge in [0.05, 0.1) is 16.2 Å². The maximum Gasteiger partial charge on any atom is 0.162 e. The van der Waals surface area contributed by atoms with Crippen molar-refractivity contribution in [2.24, 2.45) is 0 Å². The Morgan fingerprint density at radius 2 is 1.46 bits per heavy atom. The minimum absolute atomic E-state index is 0.522. The van der Waals surface area contributed by atoms with E-state index in [0.29, 0.717) is 26.7 Å². The third-order valence-electron chi connectivity index (χ3n) is 3.89. The molecule has 0 radical (unpaired) electrons. The summed E-state index contributed by atoms with van der Waals surface area (Å²) in [7, 11) is 0. The third kappa shape index (κ3) is 3.47. The fraction of sp³-hybridized carbons (Fsp3) is 0. The van der Waals surface area contributed by atoms with Crippen molar-refractivity contribution >= 4 is 57.2 Å². The summed E-state index contributed by atoms with van der Waals surface area (Å²) < 4.78 is 0. The molecule has 0 aliphatic heterocycles. The molecule has 4 aromatic rings. The smallest absolute Gasteiger partial charge is 0.162 e. The molecule has 0 saturated heterocycles. The lowest BCUT2D eigenvalue weighted by molar-refractivity contribution is 1.22. The van der Waals surface area contributed by atoms with Crippen LogP contribution in [0.15, 0.2) is 66.7 Å². The van der Waals surface area contributed by atoms with Gasteiger partial charge in [0.15, 0.2) is 5.82 Å². The summed E-state index contributed by atoms with van der Waals surface area (Å²) >= 11 is 18.3. The second-order valence-electron chi connectivity index (χ2n) is 5.67. The quantitative estimate of drug-likeness (QED) is 0.402. The molecule has 0 amide bonds. The predicted molar refractivity (Wildman–Crippen MR) is 110 cm³/mol. The molecule has 1 N–H and O–H groups in total. The van der Waals surface area contributed by atoms with Crippen LogP contribution in [0, 0.1) is 0 Å². The Hall–Kier alpha value is -2.33. The highest BCUT2D eigenvalue weighted by Gasteiger charge is 2.11. The second-order valence-corrected chi connectivity index (χ2v) is 6.95. The number of nitrogens with zero attached hydrogens (tertiary/aromatic N) is 2. The highest BCUT2D eigenvalue weighted by Crippen LogP contribution is 2.31. The first kappa shape index (κ1) is 17.1. The summed E-state index contributed by atoms with van der Waals surface area (Å²) in [5, 5.41) is 5.96. The van der Waals surface area contributed by atoms with Crippen LogP contribution in [0.25, 0.3) is 22.3 Å². The molecule has 6 heteroatoms. The highest BCUT2D eigenvalue weighted by atomic mass is 35.5. The fourth-order valence-corrected chi connectivity index (χ4v) is 3.20. The topological polar surface area (TPSA) is 37.8 Å². The number of nitrogens with one attached hydrogen (secondary N) is 1. The standard InChI is InChI=1S/C20H12Cl3N3/c21-13-7-5-12(6-8-13)19-24-17-4-2-1-3-15(17)20(26-19)25-18-10-9-14(22)11-16(18)23/h1-11H,(H,24,25,26). The molecule has 3 aromatic carbocycles. The minimum Gasteiger partial charge on any atom is -0.338 e. The van der Waals surface area contributed by atoms with Crippen LogP contribution < -0.4 is 5.32 Å². The van der Waals surface area contributed by atoms with Gasteiger partial charge in [-0.15, -0.1) is 0 Å². The van der Waals surface area contributed by atoms with E-state index in [1.165, 1.54) is 0 Å². The van der Waals surface area contributed by atoms with E-state index < -0.39 is 0 Å². The molecule has 0 spiro atoms. The lowest BCUT2D eigenvalue weighted by Gasteiger charge is -2.12. The normalized spacial score (nSPS) is 10.9. The minimum atomic E-state index is 0.522. The number of rotatable bonds is 3. The predicted octanol–water partition coefficient (Wildman–Crippen LogP) is 7.00. The summed E-state index contributed by atoms with van der Waals surface area (Å²) in [6.45, 7) is 0. The molecule has 0 unspecified atom stereocenters. The van der Waals surface area contributed by atoms with Crippen molar-refractivity contribution in [1.82, 2.24) is 9.97 Å². The van der Waals surface area contributed by atoms with Crippen molar-refractivity contribution in [3.05, 3.63) is 81.8 Å². The van der Waals surface area contributed by atoms with Crippen LogP contribution in [0.3, 0.4) is 0 Å². The van der Waals surface area contributed by atoms with Crippen molar-refractivity contribution in [3.8, 4) is 11.4 Å². The Morgan fingerprint density at radius 3 is 2.23 bits per heavy atom. The molecule has 4 rings (SSSR count). The number of fused-ring (bicyclic) bond motifs is 1. The van der Waals surface area contributed by atoms with Crippen molar-refractivity contribution in [2.45, 2.75) is 0 Å². The van der Waals surface area contributed by atoms with Gasteiger partial charge < -0.3 is 5.32 Å². The first-order valence-corrected chi connectivity index (χ1v) is 8.98. The van der Waals surface area contributed by atoms with Crippen LogP contribution in [0.1, 0.15) is 0 Å². The number of anilines is 2. The van der Waals surface area contributed by atoms with Gasteiger partial charge in [0.25, 0.3) is 0 Å². The molecule has 0 fully saturated rings. The third-order valence-corrected chi connectivity index (χ3v) is 4.69. The highest BCUT2D eigenvalue weighted by molar-refractivity contribution is 6.36. The summed E-state index contributed by atoms with van der Waals surface area (Å²) in [5.41, 5.74) is 2.44. The van der Waals surface area contributed by atoms with Crippen LogP contribution in [-0.2, 0) is 0 Å². The van der Waals surface area contributed by atoms with E-state index in [4.69, 9.17) is 39.8 Å². The van der Waals surface area contributed by atoms with Gasteiger partial charge in [-0.25, -0.2) is 9.97 Å². The Labute approximate surface area is 165 Å². The van der Waals surface area contributed by atoms with Crippen molar-refractivity contribution in [3.63, 3.8) is 0 Å². The van der Waals surface area contributed by atoms with Crippen LogP contribution in [-0.4, -0.2) is 9.97 Å². The zero-order valence-corrected chi connectivity index (χ0v) is 15.6. The lowest BCUT2D eigenvalue weighted by Crippen LogP contribution is -1.99. The van der Waals surface area contributed by atoms with E-state index in [-0.39, 0.29) is 0 Å². The Kier molecular flexibility index (Phi) is 4.68. The molecule has 0 aliphatic rings. The zero-order valence-electron chi connectivity index (χ0n) is 13.4. The number of benzene rings is 3. The summed E-state index contributed by atoms with van der Waals surface area (Å²) in [6.07, 6.45) is 0. The first-order chi connectivity index (χ1) is 12.6. The second kappa shape index (κ2) is 7.12. The molecule has 3 nitrogen and oxygen atoms in total. The van der Waals surface area contributed by atoms with E-state index in [2.05, 4.69) is 10.3 Å². The number of para-hydroxylation sites is 1. The molecule has 128 valence electrons. The maximum atomic E-state index is 6.30. The van der Waals surface area contributed by atoms with E-state index in [0.717, 1.165) is 22.2 Å². The van der Waals surface area contributed by atoms with E-state index in [1.54, 1.807) is 12.1 Å². The van der Waals surface area contributed by atoms with Crippen LogP contribution in [0.4, 0.5) is 11.5 Å². The van der Waals surface area contributed by atoms with E-state index in [1.807, 2.05) is 54.6 Å². The Bertz CT molecular complexity index is 1100. The van der Waals surface area contributed by atoms with Crippen molar-refractivity contribution in [2.75, 3.05) is 5.32 Å². The van der Waals surface area contributed by atoms with Crippen molar-refractivity contribution in [1.29, 1.82) is 0 Å². The van der Waals surface area contributed by atoms with Gasteiger partial charge in [0.2, 0.25) is 0 Å². The molecule has 0 atom stereocenters. The zero-order chi connectivity index (χ0) is 18.1. The van der Waals surface area contributed by atoms with Gasteiger partial charge in [0.1, 0.15) is 5.82 Å². The van der Waals surface area contributed by atoms with Gasteiger partial charge in [-0.2, -0.15) is 0 Å². The van der Waals surface area contributed by atoms with Gasteiger partial charge in [-0.3, -0.25) is 0 Å². The van der Waals surface area contributed by atoms with Crippen molar-refractivity contribution < 1.29 is 0 Å². The molecule has 26 heavy (non-hydrogen) atoms. The van der Waals surface area contributed by atoms with E-state index in [9.17, 15) is 0 Å². The van der Waals surface area contributed by atoms with Gasteiger partial charge in [-0.05, 0) is 54.6 Å². The summed E-state index contributed by atoms with van der Waals surface area (Å²) in [4.78, 5) is 9.37. The van der Waals surface area contributed by atoms with Gasteiger partial charge >= 0.3 is 0 Å². The Balaban J connectivity index is 1.85. The molecule has 0 bridgehead atoms. The summed E-state index contributed by atoms with van der Waals surface area (Å²) in [6, 6.07) is 20.5.